The Morgan fingerprint density at radius 1 is 1.26 bits per heavy atom. The van der Waals surface area contributed by atoms with E-state index in [-0.39, 0.29) is 6.04 Å². The molecular weight excluding hydrogens is 236 g/mol. The van der Waals surface area contributed by atoms with Crippen molar-refractivity contribution in [3.8, 4) is 5.75 Å². The van der Waals surface area contributed by atoms with Gasteiger partial charge in [0.05, 0.1) is 0 Å². The zero-order valence-electron chi connectivity index (χ0n) is 11.9. The number of nitrogens with zero attached hydrogens (tertiary/aromatic N) is 1. The van der Waals surface area contributed by atoms with E-state index in [1.165, 1.54) is 38.9 Å². The molecule has 106 valence electrons. The number of para-hydroxylation sites is 1. The van der Waals surface area contributed by atoms with Crippen LogP contribution in [0.15, 0.2) is 24.3 Å². The molecule has 1 fully saturated rings. The van der Waals surface area contributed by atoms with Crippen LogP contribution in [-0.2, 0) is 0 Å². The van der Waals surface area contributed by atoms with E-state index < -0.39 is 0 Å². The van der Waals surface area contributed by atoms with Gasteiger partial charge in [-0.2, -0.15) is 0 Å². The molecule has 1 aromatic rings. The minimum absolute atomic E-state index is 0.264. The summed E-state index contributed by atoms with van der Waals surface area (Å²) < 4.78 is 0. The first-order valence-electron chi connectivity index (χ1n) is 7.55. The Hall–Kier alpha value is -1.06. The first kappa shape index (κ1) is 14.4. The van der Waals surface area contributed by atoms with E-state index in [4.69, 9.17) is 0 Å². The molecule has 0 radical (unpaired) electrons. The summed E-state index contributed by atoms with van der Waals surface area (Å²) in [5.74, 6) is 0.404. The number of likely N-dealkylation sites (tertiary alicyclic amines) is 1. The van der Waals surface area contributed by atoms with Crippen molar-refractivity contribution in [2.45, 2.75) is 38.6 Å². The average molecular weight is 262 g/mol. The van der Waals surface area contributed by atoms with Gasteiger partial charge in [-0.15, -0.1) is 0 Å². The fourth-order valence-electron chi connectivity index (χ4n) is 2.84. The van der Waals surface area contributed by atoms with Crippen molar-refractivity contribution in [3.63, 3.8) is 0 Å². The van der Waals surface area contributed by atoms with Gasteiger partial charge in [0.15, 0.2) is 0 Å². The van der Waals surface area contributed by atoms with Crippen molar-refractivity contribution in [3.05, 3.63) is 29.8 Å². The van der Waals surface area contributed by atoms with E-state index in [9.17, 15) is 5.11 Å². The number of benzene rings is 1. The summed E-state index contributed by atoms with van der Waals surface area (Å²) in [5, 5.41) is 13.5. The van der Waals surface area contributed by atoms with Crippen LogP contribution in [0.1, 0.15) is 44.2 Å². The quantitative estimate of drug-likeness (QED) is 0.742. The van der Waals surface area contributed by atoms with Gasteiger partial charge in [0.25, 0.3) is 0 Å². The molecule has 19 heavy (non-hydrogen) atoms. The number of phenolic OH excluding ortho intramolecular Hbond substituents is 1. The Morgan fingerprint density at radius 2 is 2.00 bits per heavy atom. The lowest BCUT2D eigenvalue weighted by Gasteiger charge is -2.20. The highest BCUT2D eigenvalue weighted by Crippen LogP contribution is 2.25. The number of hydrogen-bond donors (Lipinski definition) is 2. The van der Waals surface area contributed by atoms with Crippen LogP contribution in [0.4, 0.5) is 0 Å². The molecule has 3 nitrogen and oxygen atoms in total. The van der Waals surface area contributed by atoms with Gasteiger partial charge in [-0.25, -0.2) is 0 Å². The van der Waals surface area contributed by atoms with Gasteiger partial charge in [-0.3, -0.25) is 0 Å². The summed E-state index contributed by atoms with van der Waals surface area (Å²) in [5.41, 5.74) is 1.02. The molecule has 1 saturated heterocycles. The number of rotatable bonds is 7. The van der Waals surface area contributed by atoms with Crippen molar-refractivity contribution >= 4 is 0 Å². The van der Waals surface area contributed by atoms with Crippen molar-refractivity contribution in [2.24, 2.45) is 0 Å². The van der Waals surface area contributed by atoms with E-state index in [1.54, 1.807) is 6.07 Å². The highest BCUT2D eigenvalue weighted by Gasteiger charge is 2.13. The topological polar surface area (TPSA) is 35.5 Å². The largest absolute Gasteiger partial charge is 0.508 e. The van der Waals surface area contributed by atoms with Crippen molar-refractivity contribution in [1.82, 2.24) is 10.2 Å². The standard InChI is InChI=1S/C16H26N2O/c1-2-15(14-8-3-4-9-16(14)19)17-10-7-13-18-11-5-6-12-18/h3-4,8-9,15,17,19H,2,5-7,10-13H2,1H3. The third-order valence-corrected chi connectivity index (χ3v) is 3.96. The van der Waals surface area contributed by atoms with Crippen LogP contribution in [0, 0.1) is 0 Å². The fraction of sp³-hybridized carbons (Fsp3) is 0.625. The molecule has 1 atom stereocenters. The second-order valence-electron chi connectivity index (χ2n) is 5.38. The van der Waals surface area contributed by atoms with Crippen molar-refractivity contribution in [1.29, 1.82) is 0 Å². The van der Waals surface area contributed by atoms with E-state index in [0.29, 0.717) is 5.75 Å². The lowest BCUT2D eigenvalue weighted by molar-refractivity contribution is 0.326. The molecule has 1 unspecified atom stereocenters. The highest BCUT2D eigenvalue weighted by atomic mass is 16.3. The number of hydrogen-bond acceptors (Lipinski definition) is 3. The fourth-order valence-corrected chi connectivity index (χ4v) is 2.84. The van der Waals surface area contributed by atoms with Crippen LogP contribution >= 0.6 is 0 Å². The average Bonchev–Trinajstić information content (AvgIpc) is 2.93. The van der Waals surface area contributed by atoms with Gasteiger partial charge in [-0.1, -0.05) is 25.1 Å². The maximum atomic E-state index is 9.89. The number of phenols is 1. The summed E-state index contributed by atoms with van der Waals surface area (Å²) in [6, 6.07) is 7.91. The van der Waals surface area contributed by atoms with Crippen LogP contribution in [0.5, 0.6) is 5.75 Å². The van der Waals surface area contributed by atoms with E-state index in [2.05, 4.69) is 17.1 Å². The predicted octanol–water partition coefficient (Wildman–Crippen LogP) is 2.92. The van der Waals surface area contributed by atoms with Gasteiger partial charge in [0.2, 0.25) is 0 Å². The third-order valence-electron chi connectivity index (χ3n) is 3.96. The zero-order valence-corrected chi connectivity index (χ0v) is 11.9. The Bertz CT molecular complexity index is 375. The van der Waals surface area contributed by atoms with E-state index in [0.717, 1.165) is 18.5 Å². The van der Waals surface area contributed by atoms with Crippen LogP contribution in [0.2, 0.25) is 0 Å². The van der Waals surface area contributed by atoms with Crippen LogP contribution < -0.4 is 5.32 Å². The van der Waals surface area contributed by atoms with Gasteiger partial charge >= 0.3 is 0 Å². The number of aromatic hydroxyl groups is 1. The summed E-state index contributed by atoms with van der Waals surface area (Å²) in [7, 11) is 0. The summed E-state index contributed by atoms with van der Waals surface area (Å²) >= 11 is 0. The Labute approximate surface area is 116 Å². The SMILES string of the molecule is CCC(NCCCN1CCCC1)c1ccccc1O. The molecule has 0 spiro atoms. The molecular formula is C16H26N2O. The molecule has 0 saturated carbocycles. The minimum atomic E-state index is 0.264. The monoisotopic (exact) mass is 262 g/mol. The lowest BCUT2D eigenvalue weighted by Crippen LogP contribution is -2.27. The summed E-state index contributed by atoms with van der Waals surface area (Å²) in [6.07, 6.45) is 4.91. The molecule has 3 heteroatoms. The first-order valence-corrected chi connectivity index (χ1v) is 7.55. The van der Waals surface area contributed by atoms with Crippen molar-refractivity contribution in [2.75, 3.05) is 26.2 Å². The molecule has 0 amide bonds. The molecule has 1 aliphatic rings. The van der Waals surface area contributed by atoms with E-state index in [1.807, 2.05) is 18.2 Å². The molecule has 2 N–H and O–H groups in total. The maximum Gasteiger partial charge on any atom is 0.120 e. The second-order valence-corrected chi connectivity index (χ2v) is 5.38. The van der Waals surface area contributed by atoms with Gasteiger partial charge < -0.3 is 15.3 Å². The number of nitrogens with one attached hydrogen (secondary N) is 1. The lowest BCUT2D eigenvalue weighted by atomic mass is 10.0. The molecule has 2 rings (SSSR count). The molecule has 1 aliphatic heterocycles. The van der Waals surface area contributed by atoms with Crippen LogP contribution in [-0.4, -0.2) is 36.2 Å². The van der Waals surface area contributed by atoms with Gasteiger partial charge in [0, 0.05) is 11.6 Å². The molecule has 1 aromatic carbocycles. The maximum absolute atomic E-state index is 9.89. The molecule has 0 aliphatic carbocycles. The Morgan fingerprint density at radius 3 is 2.68 bits per heavy atom. The third kappa shape index (κ3) is 4.22. The Kier molecular flexibility index (Phi) is 5.67. The molecule has 0 bridgehead atoms. The normalized spacial score (nSPS) is 17.7. The highest BCUT2D eigenvalue weighted by molar-refractivity contribution is 5.34. The predicted molar refractivity (Wildman–Crippen MR) is 79.4 cm³/mol. The van der Waals surface area contributed by atoms with Crippen molar-refractivity contribution < 1.29 is 5.11 Å². The molecule has 0 aromatic heterocycles. The van der Waals surface area contributed by atoms with Gasteiger partial charge in [-0.05, 0) is 57.9 Å². The van der Waals surface area contributed by atoms with E-state index >= 15 is 0 Å². The molecule has 1 heterocycles. The minimum Gasteiger partial charge on any atom is -0.508 e. The zero-order chi connectivity index (χ0) is 13.5. The Balaban J connectivity index is 1.74. The van der Waals surface area contributed by atoms with Crippen LogP contribution in [0.3, 0.4) is 0 Å². The summed E-state index contributed by atoms with van der Waals surface area (Å²) in [6.45, 7) is 6.92. The first-order chi connectivity index (χ1) is 9.31. The smallest absolute Gasteiger partial charge is 0.120 e. The van der Waals surface area contributed by atoms with Crippen LogP contribution in [0.25, 0.3) is 0 Å². The second kappa shape index (κ2) is 7.51. The summed E-state index contributed by atoms with van der Waals surface area (Å²) in [4.78, 5) is 2.54. The van der Waals surface area contributed by atoms with Gasteiger partial charge in [0.1, 0.15) is 5.75 Å².